The molecule has 0 spiro atoms. The second kappa shape index (κ2) is 6.45. The van der Waals surface area contributed by atoms with Crippen LogP contribution >= 0.6 is 43.2 Å². The number of hydrazine groups is 1. The molecule has 3 N–H and O–H groups in total. The molecule has 1 aromatic carbocycles. The van der Waals surface area contributed by atoms with E-state index in [1.807, 2.05) is 19.1 Å². The molecule has 2 rings (SSSR count). The van der Waals surface area contributed by atoms with Crippen molar-refractivity contribution in [3.63, 3.8) is 0 Å². The van der Waals surface area contributed by atoms with Crippen molar-refractivity contribution in [2.45, 2.75) is 26.3 Å². The summed E-state index contributed by atoms with van der Waals surface area (Å²) in [6.45, 7) is 4.13. The van der Waals surface area contributed by atoms with Gasteiger partial charge >= 0.3 is 0 Å². The van der Waals surface area contributed by atoms with Crippen molar-refractivity contribution in [3.8, 4) is 0 Å². The summed E-state index contributed by atoms with van der Waals surface area (Å²) in [7, 11) is 0. The standard InChI is InChI=1S/C13H15Br2N3S/c1-7-8(2)19-13(17-7)6-12(18-16)10-5-9(14)3-4-11(10)15/h3-5,12,18H,6,16H2,1-2H3. The fourth-order valence-corrected chi connectivity index (χ4v) is 3.72. The molecule has 3 nitrogen and oxygen atoms in total. The van der Waals surface area contributed by atoms with Gasteiger partial charge in [-0.05, 0) is 37.6 Å². The summed E-state index contributed by atoms with van der Waals surface area (Å²) >= 11 is 8.79. The van der Waals surface area contributed by atoms with Gasteiger partial charge in [0.15, 0.2) is 0 Å². The summed E-state index contributed by atoms with van der Waals surface area (Å²) in [5, 5.41) is 1.10. The van der Waals surface area contributed by atoms with E-state index in [0.29, 0.717) is 0 Å². The highest BCUT2D eigenvalue weighted by molar-refractivity contribution is 9.11. The normalized spacial score (nSPS) is 12.7. The summed E-state index contributed by atoms with van der Waals surface area (Å²) in [5.41, 5.74) is 5.11. The van der Waals surface area contributed by atoms with Crippen LogP contribution in [-0.2, 0) is 6.42 Å². The van der Waals surface area contributed by atoms with Crippen molar-refractivity contribution in [2.75, 3.05) is 0 Å². The van der Waals surface area contributed by atoms with Crippen LogP contribution in [0.3, 0.4) is 0 Å². The first-order chi connectivity index (χ1) is 9.01. The van der Waals surface area contributed by atoms with Crippen molar-refractivity contribution in [2.24, 2.45) is 5.84 Å². The minimum Gasteiger partial charge on any atom is -0.271 e. The minimum atomic E-state index is 0.0387. The van der Waals surface area contributed by atoms with Crippen molar-refractivity contribution < 1.29 is 0 Å². The monoisotopic (exact) mass is 403 g/mol. The number of halogens is 2. The lowest BCUT2D eigenvalue weighted by Gasteiger charge is -2.17. The SMILES string of the molecule is Cc1nc(CC(NN)c2cc(Br)ccc2Br)sc1C. The van der Waals surface area contributed by atoms with Crippen LogP contribution in [0.5, 0.6) is 0 Å². The molecule has 0 aliphatic carbocycles. The highest BCUT2D eigenvalue weighted by atomic mass is 79.9. The Labute approximate surface area is 133 Å². The lowest BCUT2D eigenvalue weighted by Crippen LogP contribution is -2.29. The van der Waals surface area contributed by atoms with E-state index >= 15 is 0 Å². The number of nitrogens with zero attached hydrogens (tertiary/aromatic N) is 1. The maximum absolute atomic E-state index is 5.71. The molecule has 0 fully saturated rings. The lowest BCUT2D eigenvalue weighted by atomic mass is 10.1. The first-order valence-corrected chi connectivity index (χ1v) is 8.25. The van der Waals surface area contributed by atoms with E-state index in [0.717, 1.165) is 31.6 Å². The topological polar surface area (TPSA) is 50.9 Å². The molecular weight excluding hydrogens is 390 g/mol. The fourth-order valence-electron chi connectivity index (χ4n) is 1.84. The highest BCUT2D eigenvalue weighted by Gasteiger charge is 2.16. The van der Waals surface area contributed by atoms with Gasteiger partial charge in [-0.1, -0.05) is 31.9 Å². The number of thiazole rings is 1. The summed E-state index contributed by atoms with van der Waals surface area (Å²) in [6.07, 6.45) is 0.783. The number of aromatic nitrogens is 1. The molecule has 19 heavy (non-hydrogen) atoms. The van der Waals surface area contributed by atoms with Gasteiger partial charge in [-0.2, -0.15) is 0 Å². The molecule has 0 saturated heterocycles. The van der Waals surface area contributed by atoms with Gasteiger partial charge < -0.3 is 0 Å². The Morgan fingerprint density at radius 3 is 2.68 bits per heavy atom. The molecule has 102 valence electrons. The molecule has 0 saturated carbocycles. The number of benzene rings is 1. The van der Waals surface area contributed by atoms with Gasteiger partial charge in [0, 0.05) is 20.2 Å². The van der Waals surface area contributed by atoms with Crippen molar-refractivity contribution in [1.82, 2.24) is 10.4 Å². The van der Waals surface area contributed by atoms with Gasteiger partial charge in [-0.15, -0.1) is 11.3 Å². The Balaban J connectivity index is 2.27. The quantitative estimate of drug-likeness (QED) is 0.597. The van der Waals surface area contributed by atoms with E-state index < -0.39 is 0 Å². The Hall–Kier alpha value is -0.270. The van der Waals surface area contributed by atoms with Crippen LogP contribution in [0.4, 0.5) is 0 Å². The zero-order valence-corrected chi connectivity index (χ0v) is 14.7. The maximum atomic E-state index is 5.71. The first-order valence-electron chi connectivity index (χ1n) is 5.85. The van der Waals surface area contributed by atoms with Crippen LogP contribution in [0, 0.1) is 13.8 Å². The lowest BCUT2D eigenvalue weighted by molar-refractivity contribution is 0.548. The molecule has 1 aromatic heterocycles. The second-order valence-electron chi connectivity index (χ2n) is 4.34. The van der Waals surface area contributed by atoms with Gasteiger partial charge in [0.25, 0.3) is 0 Å². The summed E-state index contributed by atoms with van der Waals surface area (Å²) in [6, 6.07) is 6.12. The summed E-state index contributed by atoms with van der Waals surface area (Å²) in [5.74, 6) is 5.71. The Morgan fingerprint density at radius 2 is 2.11 bits per heavy atom. The van der Waals surface area contributed by atoms with Crippen LogP contribution < -0.4 is 11.3 Å². The van der Waals surface area contributed by atoms with Gasteiger partial charge in [-0.3, -0.25) is 11.3 Å². The third kappa shape index (κ3) is 3.64. The van der Waals surface area contributed by atoms with Crippen LogP contribution in [0.15, 0.2) is 27.1 Å². The number of nitrogens with one attached hydrogen (secondary N) is 1. The molecule has 6 heteroatoms. The molecular formula is C13H15Br2N3S. The number of hydrogen-bond donors (Lipinski definition) is 2. The number of nitrogens with two attached hydrogens (primary N) is 1. The number of aryl methyl sites for hydroxylation is 2. The number of rotatable bonds is 4. The van der Waals surface area contributed by atoms with Gasteiger partial charge in [0.1, 0.15) is 0 Å². The second-order valence-corrected chi connectivity index (χ2v) is 7.40. The molecule has 1 atom stereocenters. The Kier molecular flexibility index (Phi) is 5.14. The summed E-state index contributed by atoms with van der Waals surface area (Å²) in [4.78, 5) is 5.83. The van der Waals surface area contributed by atoms with Gasteiger partial charge in [-0.25, -0.2) is 4.98 Å². The zero-order chi connectivity index (χ0) is 14.0. The molecule has 0 aliphatic rings. The molecule has 0 bridgehead atoms. The van der Waals surface area contributed by atoms with Crippen LogP contribution in [0.2, 0.25) is 0 Å². The Bertz CT molecular complexity index is 564. The van der Waals surface area contributed by atoms with Crippen LogP contribution in [0.1, 0.15) is 27.2 Å². The molecule has 0 aliphatic heterocycles. The van der Waals surface area contributed by atoms with Crippen molar-refractivity contribution in [1.29, 1.82) is 0 Å². The zero-order valence-electron chi connectivity index (χ0n) is 10.7. The predicted octanol–water partition coefficient (Wildman–Crippen LogP) is 4.03. The van der Waals surface area contributed by atoms with E-state index in [4.69, 9.17) is 5.84 Å². The van der Waals surface area contributed by atoms with Gasteiger partial charge in [0.2, 0.25) is 0 Å². The van der Waals surface area contributed by atoms with Crippen molar-refractivity contribution in [3.05, 3.63) is 48.3 Å². The first kappa shape index (κ1) is 15.1. The average molecular weight is 405 g/mol. The van der Waals surface area contributed by atoms with Crippen LogP contribution in [0.25, 0.3) is 0 Å². The maximum Gasteiger partial charge on any atom is 0.0950 e. The molecule has 0 amide bonds. The molecule has 2 aromatic rings. The largest absolute Gasteiger partial charge is 0.271 e. The highest BCUT2D eigenvalue weighted by Crippen LogP contribution is 2.30. The molecule has 0 radical (unpaired) electrons. The fraction of sp³-hybridized carbons (Fsp3) is 0.308. The predicted molar refractivity (Wildman–Crippen MR) is 87.2 cm³/mol. The van der Waals surface area contributed by atoms with E-state index in [2.05, 4.69) is 55.3 Å². The van der Waals surface area contributed by atoms with E-state index in [-0.39, 0.29) is 6.04 Å². The Morgan fingerprint density at radius 1 is 1.37 bits per heavy atom. The third-order valence-electron chi connectivity index (χ3n) is 2.99. The third-order valence-corrected chi connectivity index (χ3v) is 5.30. The molecule has 1 unspecified atom stereocenters. The smallest absolute Gasteiger partial charge is 0.0950 e. The average Bonchev–Trinajstić information content (AvgIpc) is 2.69. The van der Waals surface area contributed by atoms with E-state index in [1.54, 1.807) is 11.3 Å². The van der Waals surface area contributed by atoms with Crippen molar-refractivity contribution >= 4 is 43.2 Å². The number of hydrogen-bond acceptors (Lipinski definition) is 4. The van der Waals surface area contributed by atoms with Crippen LogP contribution in [-0.4, -0.2) is 4.98 Å². The minimum absolute atomic E-state index is 0.0387. The van der Waals surface area contributed by atoms with E-state index in [9.17, 15) is 0 Å². The van der Waals surface area contributed by atoms with E-state index in [1.165, 1.54) is 4.88 Å². The van der Waals surface area contributed by atoms with Gasteiger partial charge in [0.05, 0.1) is 16.7 Å². The molecule has 1 heterocycles. The summed E-state index contributed by atoms with van der Waals surface area (Å²) < 4.78 is 2.08.